The first kappa shape index (κ1) is 15.5. The molecule has 1 aromatic heterocycles. The zero-order chi connectivity index (χ0) is 15.3. The monoisotopic (exact) mass is 293 g/mol. The predicted molar refractivity (Wildman–Crippen MR) is 79.4 cm³/mol. The lowest BCUT2D eigenvalue weighted by atomic mass is 9.71. The third-order valence-corrected chi connectivity index (χ3v) is 4.20. The molecule has 21 heavy (non-hydrogen) atoms. The highest BCUT2D eigenvalue weighted by Crippen LogP contribution is 2.39. The molecule has 0 radical (unpaired) electrons. The van der Waals surface area contributed by atoms with Gasteiger partial charge < -0.3 is 15.2 Å². The number of hydrogen-bond donors (Lipinski definition) is 2. The van der Waals surface area contributed by atoms with Crippen LogP contribution in [0.4, 0.5) is 5.82 Å². The van der Waals surface area contributed by atoms with Gasteiger partial charge >= 0.3 is 5.97 Å². The minimum absolute atomic E-state index is 0.374. The highest BCUT2D eigenvalue weighted by molar-refractivity contribution is 5.75. The molecule has 0 amide bonds. The van der Waals surface area contributed by atoms with Crippen LogP contribution in [-0.4, -0.2) is 34.2 Å². The molecule has 2 rings (SSSR count). The number of hydrogen-bond acceptors (Lipinski definition) is 5. The zero-order valence-corrected chi connectivity index (χ0v) is 12.6. The SMILES string of the molecule is CCOc1cncc(NCC2(C(=O)O)CCC(C)CC2)n1. The summed E-state index contributed by atoms with van der Waals surface area (Å²) in [5.74, 6) is 0.888. The number of nitrogens with zero attached hydrogens (tertiary/aromatic N) is 2. The van der Waals surface area contributed by atoms with Gasteiger partial charge in [-0.3, -0.25) is 9.78 Å². The summed E-state index contributed by atoms with van der Waals surface area (Å²) in [5.41, 5.74) is -0.699. The second kappa shape index (κ2) is 6.74. The quantitative estimate of drug-likeness (QED) is 0.838. The average Bonchev–Trinajstić information content (AvgIpc) is 2.47. The third-order valence-electron chi connectivity index (χ3n) is 4.20. The second-order valence-corrected chi connectivity index (χ2v) is 5.80. The molecule has 0 atom stereocenters. The average molecular weight is 293 g/mol. The van der Waals surface area contributed by atoms with E-state index in [2.05, 4.69) is 22.2 Å². The van der Waals surface area contributed by atoms with E-state index >= 15 is 0 Å². The van der Waals surface area contributed by atoms with Gasteiger partial charge in [0.05, 0.1) is 24.4 Å². The molecule has 1 aromatic rings. The molecular formula is C15H23N3O3. The molecule has 0 saturated heterocycles. The van der Waals surface area contributed by atoms with Gasteiger partial charge in [0.1, 0.15) is 5.82 Å². The second-order valence-electron chi connectivity index (χ2n) is 5.80. The Bertz CT molecular complexity index is 485. The maximum atomic E-state index is 11.7. The largest absolute Gasteiger partial charge is 0.481 e. The van der Waals surface area contributed by atoms with Crippen LogP contribution in [0.15, 0.2) is 12.4 Å². The maximum absolute atomic E-state index is 11.7. The Morgan fingerprint density at radius 1 is 1.48 bits per heavy atom. The van der Waals surface area contributed by atoms with Crippen molar-refractivity contribution in [2.75, 3.05) is 18.5 Å². The van der Waals surface area contributed by atoms with Crippen LogP contribution >= 0.6 is 0 Å². The van der Waals surface area contributed by atoms with E-state index in [1.165, 1.54) is 0 Å². The van der Waals surface area contributed by atoms with Crippen molar-refractivity contribution in [2.24, 2.45) is 11.3 Å². The number of aliphatic carboxylic acids is 1. The van der Waals surface area contributed by atoms with Crippen molar-refractivity contribution < 1.29 is 14.6 Å². The van der Waals surface area contributed by atoms with E-state index in [0.717, 1.165) is 12.8 Å². The number of anilines is 1. The van der Waals surface area contributed by atoms with Crippen LogP contribution in [0.5, 0.6) is 5.88 Å². The number of rotatable bonds is 6. The van der Waals surface area contributed by atoms with E-state index < -0.39 is 11.4 Å². The first-order valence-corrected chi connectivity index (χ1v) is 7.48. The lowest BCUT2D eigenvalue weighted by Gasteiger charge is -2.35. The Kier molecular flexibility index (Phi) is 4.98. The van der Waals surface area contributed by atoms with E-state index in [1.807, 2.05) is 6.92 Å². The molecule has 1 heterocycles. The Balaban J connectivity index is 2.02. The van der Waals surface area contributed by atoms with Crippen molar-refractivity contribution in [1.82, 2.24) is 9.97 Å². The number of carbonyl (C=O) groups is 1. The molecule has 2 N–H and O–H groups in total. The fourth-order valence-electron chi connectivity index (χ4n) is 2.69. The molecule has 116 valence electrons. The zero-order valence-electron chi connectivity index (χ0n) is 12.6. The lowest BCUT2D eigenvalue weighted by Crippen LogP contribution is -2.41. The minimum Gasteiger partial charge on any atom is -0.481 e. The fourth-order valence-corrected chi connectivity index (χ4v) is 2.69. The number of ether oxygens (including phenoxy) is 1. The predicted octanol–water partition coefficient (Wildman–Crippen LogP) is 2.57. The molecule has 0 unspecified atom stereocenters. The van der Waals surface area contributed by atoms with Gasteiger partial charge in [-0.2, -0.15) is 4.98 Å². The molecule has 1 saturated carbocycles. The molecule has 1 fully saturated rings. The molecular weight excluding hydrogens is 270 g/mol. The summed E-state index contributed by atoms with van der Waals surface area (Å²) < 4.78 is 5.30. The first-order valence-electron chi connectivity index (χ1n) is 7.48. The van der Waals surface area contributed by atoms with Crippen molar-refractivity contribution >= 4 is 11.8 Å². The van der Waals surface area contributed by atoms with Gasteiger partial charge in [0, 0.05) is 6.54 Å². The van der Waals surface area contributed by atoms with Crippen LogP contribution in [-0.2, 0) is 4.79 Å². The van der Waals surface area contributed by atoms with E-state index in [4.69, 9.17) is 4.74 Å². The number of carboxylic acids is 1. The van der Waals surface area contributed by atoms with Gasteiger partial charge in [-0.25, -0.2) is 0 Å². The summed E-state index contributed by atoms with van der Waals surface area (Å²) in [6, 6.07) is 0. The molecule has 0 aliphatic heterocycles. The van der Waals surface area contributed by atoms with Crippen molar-refractivity contribution in [3.63, 3.8) is 0 Å². The summed E-state index contributed by atoms with van der Waals surface area (Å²) in [6.07, 6.45) is 6.45. The summed E-state index contributed by atoms with van der Waals surface area (Å²) in [7, 11) is 0. The van der Waals surface area contributed by atoms with Crippen LogP contribution < -0.4 is 10.1 Å². The summed E-state index contributed by atoms with van der Waals surface area (Å²) in [4.78, 5) is 20.0. The molecule has 0 bridgehead atoms. The van der Waals surface area contributed by atoms with Crippen LogP contribution in [0.25, 0.3) is 0 Å². The number of aromatic nitrogens is 2. The maximum Gasteiger partial charge on any atom is 0.311 e. The van der Waals surface area contributed by atoms with Crippen molar-refractivity contribution in [1.29, 1.82) is 0 Å². The molecule has 6 nitrogen and oxygen atoms in total. The minimum atomic E-state index is -0.726. The molecule has 0 spiro atoms. The van der Waals surface area contributed by atoms with Crippen LogP contribution in [0.2, 0.25) is 0 Å². The van der Waals surface area contributed by atoms with Crippen molar-refractivity contribution in [3.05, 3.63) is 12.4 Å². The van der Waals surface area contributed by atoms with Gasteiger partial charge in [-0.1, -0.05) is 6.92 Å². The van der Waals surface area contributed by atoms with Crippen molar-refractivity contribution in [2.45, 2.75) is 39.5 Å². The van der Waals surface area contributed by atoms with Crippen molar-refractivity contribution in [3.8, 4) is 5.88 Å². The van der Waals surface area contributed by atoms with E-state index in [1.54, 1.807) is 12.4 Å². The Morgan fingerprint density at radius 2 is 2.19 bits per heavy atom. The highest BCUT2D eigenvalue weighted by Gasteiger charge is 2.41. The third kappa shape index (κ3) is 3.83. The van der Waals surface area contributed by atoms with Gasteiger partial charge in [0.2, 0.25) is 5.88 Å². The fraction of sp³-hybridized carbons (Fsp3) is 0.667. The summed E-state index contributed by atoms with van der Waals surface area (Å²) in [5, 5.41) is 12.7. The Morgan fingerprint density at radius 3 is 2.81 bits per heavy atom. The van der Waals surface area contributed by atoms with Crippen LogP contribution in [0, 0.1) is 11.3 Å². The smallest absolute Gasteiger partial charge is 0.311 e. The topological polar surface area (TPSA) is 84.3 Å². The Labute approximate surface area is 124 Å². The number of nitrogens with one attached hydrogen (secondary N) is 1. The normalized spacial score (nSPS) is 25.3. The van der Waals surface area contributed by atoms with Gasteiger partial charge in [-0.05, 0) is 38.5 Å². The highest BCUT2D eigenvalue weighted by atomic mass is 16.5. The van der Waals surface area contributed by atoms with Crippen LogP contribution in [0.1, 0.15) is 39.5 Å². The standard InChI is InChI=1S/C15H23N3O3/c1-3-21-13-9-16-8-12(18-13)17-10-15(14(19)20)6-4-11(2)5-7-15/h8-9,11H,3-7,10H2,1-2H3,(H,17,18)(H,19,20). The van der Waals surface area contributed by atoms with Gasteiger partial charge in [-0.15, -0.1) is 0 Å². The summed E-state index contributed by atoms with van der Waals surface area (Å²) >= 11 is 0. The first-order chi connectivity index (χ1) is 10.1. The molecule has 6 heteroatoms. The molecule has 1 aliphatic carbocycles. The van der Waals surface area contributed by atoms with Gasteiger partial charge in [0.25, 0.3) is 0 Å². The van der Waals surface area contributed by atoms with Crippen LogP contribution in [0.3, 0.4) is 0 Å². The Hall–Kier alpha value is -1.85. The van der Waals surface area contributed by atoms with Gasteiger partial charge in [0.15, 0.2) is 0 Å². The number of carboxylic acid groups (broad SMARTS) is 1. The lowest BCUT2D eigenvalue weighted by molar-refractivity contribution is -0.150. The van der Waals surface area contributed by atoms with E-state index in [0.29, 0.717) is 43.6 Å². The van der Waals surface area contributed by atoms with E-state index in [-0.39, 0.29) is 0 Å². The summed E-state index contributed by atoms with van der Waals surface area (Å²) in [6.45, 7) is 4.95. The van der Waals surface area contributed by atoms with E-state index in [9.17, 15) is 9.90 Å². The molecule has 0 aromatic carbocycles. The molecule has 1 aliphatic rings.